The van der Waals surface area contributed by atoms with Crippen LogP contribution < -0.4 is 0 Å². The molecule has 0 saturated carbocycles. The molecule has 0 aliphatic carbocycles. The summed E-state index contributed by atoms with van der Waals surface area (Å²) in [4.78, 5) is 5.35. The first-order valence-corrected chi connectivity index (χ1v) is 6.71. The summed E-state index contributed by atoms with van der Waals surface area (Å²) in [5, 5.41) is 0. The van der Waals surface area contributed by atoms with Crippen LogP contribution in [0.2, 0.25) is 0 Å². The van der Waals surface area contributed by atoms with Gasteiger partial charge in [-0.2, -0.15) is 0 Å². The van der Waals surface area contributed by atoms with E-state index < -0.39 is 0 Å². The Kier molecular flexibility index (Phi) is 2.87. The molecule has 2 heteroatoms. The standard InChI is InChI=1S/C14H28N2/c1-13(2,3)15-8-7-12-11(9-15)10-16(12)14(4,5)6/h11-12H,7-10H2,1-6H3. The number of likely N-dealkylation sites (tertiary alicyclic amines) is 2. The second-order valence-corrected chi connectivity index (χ2v) is 7.56. The van der Waals surface area contributed by atoms with Crippen LogP contribution in [0.4, 0.5) is 0 Å². The zero-order valence-corrected chi connectivity index (χ0v) is 11.9. The second-order valence-electron chi connectivity index (χ2n) is 7.56. The molecule has 0 bridgehead atoms. The van der Waals surface area contributed by atoms with E-state index in [4.69, 9.17) is 0 Å². The maximum atomic E-state index is 2.69. The fourth-order valence-corrected chi connectivity index (χ4v) is 3.24. The third-order valence-electron chi connectivity index (χ3n) is 4.34. The molecule has 94 valence electrons. The average Bonchev–Trinajstić information content (AvgIpc) is 2.02. The molecule has 2 aliphatic rings. The van der Waals surface area contributed by atoms with E-state index in [1.807, 2.05) is 0 Å². The number of hydrogen-bond acceptors (Lipinski definition) is 2. The van der Waals surface area contributed by atoms with Crippen molar-refractivity contribution in [1.82, 2.24) is 9.80 Å². The lowest BCUT2D eigenvalue weighted by Crippen LogP contribution is -2.69. The highest BCUT2D eigenvalue weighted by molar-refractivity contribution is 5.02. The SMILES string of the molecule is CC(C)(C)N1CCC2C(C1)CN2C(C)(C)C. The van der Waals surface area contributed by atoms with Crippen LogP contribution in [0.25, 0.3) is 0 Å². The van der Waals surface area contributed by atoms with Gasteiger partial charge in [-0.15, -0.1) is 0 Å². The fraction of sp³-hybridized carbons (Fsp3) is 1.00. The minimum Gasteiger partial charge on any atom is -0.298 e. The third-order valence-corrected chi connectivity index (χ3v) is 4.34. The lowest BCUT2D eigenvalue weighted by atomic mass is 9.78. The van der Waals surface area contributed by atoms with Crippen molar-refractivity contribution in [2.24, 2.45) is 5.92 Å². The number of rotatable bonds is 0. The van der Waals surface area contributed by atoms with Crippen molar-refractivity contribution in [3.05, 3.63) is 0 Å². The highest BCUT2D eigenvalue weighted by Gasteiger charge is 2.47. The summed E-state index contributed by atoms with van der Waals surface area (Å²) >= 11 is 0. The number of hydrogen-bond donors (Lipinski definition) is 0. The van der Waals surface area contributed by atoms with E-state index in [-0.39, 0.29) is 0 Å². The molecule has 0 radical (unpaired) electrons. The Hall–Kier alpha value is -0.0800. The van der Waals surface area contributed by atoms with Gasteiger partial charge in [-0.05, 0) is 53.9 Å². The summed E-state index contributed by atoms with van der Waals surface area (Å²) in [7, 11) is 0. The average molecular weight is 224 g/mol. The van der Waals surface area contributed by atoms with Gasteiger partial charge in [-0.1, -0.05) is 0 Å². The molecule has 2 nitrogen and oxygen atoms in total. The smallest absolute Gasteiger partial charge is 0.0165 e. The van der Waals surface area contributed by atoms with Crippen LogP contribution in [0, 0.1) is 5.92 Å². The molecular weight excluding hydrogens is 196 g/mol. The van der Waals surface area contributed by atoms with Gasteiger partial charge in [0.15, 0.2) is 0 Å². The van der Waals surface area contributed by atoms with Gasteiger partial charge in [0, 0.05) is 36.8 Å². The molecule has 0 aromatic heterocycles. The zero-order chi connectivity index (χ0) is 12.1. The highest BCUT2D eigenvalue weighted by atomic mass is 15.3. The van der Waals surface area contributed by atoms with Crippen LogP contribution in [0.5, 0.6) is 0 Å². The van der Waals surface area contributed by atoms with Crippen LogP contribution in [0.15, 0.2) is 0 Å². The van der Waals surface area contributed by atoms with E-state index in [9.17, 15) is 0 Å². The van der Waals surface area contributed by atoms with Crippen LogP contribution in [0.1, 0.15) is 48.0 Å². The van der Waals surface area contributed by atoms with Gasteiger partial charge in [-0.25, -0.2) is 0 Å². The summed E-state index contributed by atoms with van der Waals surface area (Å²) in [6.45, 7) is 17.9. The molecule has 16 heavy (non-hydrogen) atoms. The van der Waals surface area contributed by atoms with Crippen molar-refractivity contribution >= 4 is 0 Å². The summed E-state index contributed by atoms with van der Waals surface area (Å²) < 4.78 is 0. The van der Waals surface area contributed by atoms with Crippen LogP contribution in [0.3, 0.4) is 0 Å². The van der Waals surface area contributed by atoms with Gasteiger partial charge >= 0.3 is 0 Å². The number of piperidine rings is 1. The molecule has 2 atom stereocenters. The molecule has 2 saturated heterocycles. The Balaban J connectivity index is 1.94. The second kappa shape index (κ2) is 3.71. The molecule has 2 fully saturated rings. The highest BCUT2D eigenvalue weighted by Crippen LogP contribution is 2.38. The molecule has 0 amide bonds. The summed E-state index contributed by atoms with van der Waals surface area (Å²) in [6.07, 6.45) is 1.36. The topological polar surface area (TPSA) is 6.48 Å². The lowest BCUT2D eigenvalue weighted by molar-refractivity contribution is -0.106. The minimum absolute atomic E-state index is 0.354. The van der Waals surface area contributed by atoms with Crippen LogP contribution >= 0.6 is 0 Å². The van der Waals surface area contributed by atoms with Gasteiger partial charge in [0.25, 0.3) is 0 Å². The van der Waals surface area contributed by atoms with E-state index in [0.717, 1.165) is 12.0 Å². The van der Waals surface area contributed by atoms with E-state index >= 15 is 0 Å². The molecule has 0 aromatic rings. The van der Waals surface area contributed by atoms with Crippen LogP contribution in [-0.4, -0.2) is 46.6 Å². The maximum Gasteiger partial charge on any atom is 0.0165 e. The Morgan fingerprint density at radius 1 is 0.875 bits per heavy atom. The first-order valence-electron chi connectivity index (χ1n) is 6.71. The van der Waals surface area contributed by atoms with Gasteiger partial charge in [-0.3, -0.25) is 9.80 Å². The maximum absolute atomic E-state index is 2.69. The van der Waals surface area contributed by atoms with Gasteiger partial charge in [0.2, 0.25) is 0 Å². The minimum atomic E-state index is 0.354. The van der Waals surface area contributed by atoms with E-state index in [0.29, 0.717) is 11.1 Å². The molecule has 0 aromatic carbocycles. The molecule has 2 aliphatic heterocycles. The third kappa shape index (κ3) is 2.14. The molecule has 0 spiro atoms. The molecular formula is C14H28N2. The first-order chi connectivity index (χ1) is 7.19. The Morgan fingerprint density at radius 2 is 1.50 bits per heavy atom. The first kappa shape index (κ1) is 12.4. The van der Waals surface area contributed by atoms with E-state index in [2.05, 4.69) is 51.3 Å². The zero-order valence-electron chi connectivity index (χ0n) is 11.9. The largest absolute Gasteiger partial charge is 0.298 e. The predicted octanol–water partition coefficient (Wildman–Crippen LogP) is 2.59. The lowest BCUT2D eigenvalue weighted by Gasteiger charge is -2.60. The fourth-order valence-electron chi connectivity index (χ4n) is 3.24. The predicted molar refractivity (Wildman–Crippen MR) is 69.7 cm³/mol. The van der Waals surface area contributed by atoms with E-state index in [1.165, 1.54) is 26.1 Å². The summed E-state index contributed by atoms with van der Waals surface area (Å²) in [5.41, 5.74) is 0.720. The van der Waals surface area contributed by atoms with Gasteiger partial charge < -0.3 is 0 Å². The Bertz CT molecular complexity index is 245. The van der Waals surface area contributed by atoms with Crippen LogP contribution in [-0.2, 0) is 0 Å². The van der Waals surface area contributed by atoms with Crippen molar-refractivity contribution in [2.75, 3.05) is 19.6 Å². The summed E-state index contributed by atoms with van der Waals surface area (Å²) in [5.74, 6) is 0.923. The summed E-state index contributed by atoms with van der Waals surface area (Å²) in [6, 6.07) is 0.860. The van der Waals surface area contributed by atoms with Crippen molar-refractivity contribution in [3.63, 3.8) is 0 Å². The van der Waals surface area contributed by atoms with Crippen molar-refractivity contribution in [3.8, 4) is 0 Å². The Morgan fingerprint density at radius 3 is 1.94 bits per heavy atom. The quantitative estimate of drug-likeness (QED) is 0.624. The van der Waals surface area contributed by atoms with E-state index in [1.54, 1.807) is 0 Å². The number of nitrogens with zero attached hydrogens (tertiary/aromatic N) is 2. The molecule has 2 heterocycles. The van der Waals surface area contributed by atoms with Gasteiger partial charge in [0.1, 0.15) is 0 Å². The monoisotopic (exact) mass is 224 g/mol. The Labute approximate surface area is 101 Å². The molecule has 2 rings (SSSR count). The van der Waals surface area contributed by atoms with Crippen molar-refractivity contribution in [1.29, 1.82) is 0 Å². The van der Waals surface area contributed by atoms with Gasteiger partial charge in [0.05, 0.1) is 0 Å². The normalized spacial score (nSPS) is 33.4. The molecule has 0 N–H and O–H groups in total. The number of fused-ring (bicyclic) bond motifs is 1. The van der Waals surface area contributed by atoms with Crippen molar-refractivity contribution in [2.45, 2.75) is 65.1 Å². The molecule has 2 unspecified atom stereocenters. The van der Waals surface area contributed by atoms with Crippen molar-refractivity contribution < 1.29 is 0 Å².